The van der Waals surface area contributed by atoms with Gasteiger partial charge in [-0.05, 0) is 13.3 Å². The Kier molecular flexibility index (Phi) is 3.41. The Bertz CT molecular complexity index is 355. The normalized spacial score (nSPS) is 24.2. The maximum atomic E-state index is 6.26. The lowest BCUT2D eigenvalue weighted by molar-refractivity contribution is 0.180. The van der Waals surface area contributed by atoms with Crippen molar-refractivity contribution in [2.45, 2.75) is 25.4 Å². The van der Waals surface area contributed by atoms with Crippen LogP contribution >= 0.6 is 0 Å². The van der Waals surface area contributed by atoms with Crippen molar-refractivity contribution < 1.29 is 4.74 Å². The second-order valence-corrected chi connectivity index (χ2v) is 4.35. The Balaban J connectivity index is 2.18. The molecule has 1 fully saturated rings. The molecule has 0 bridgehead atoms. The van der Waals surface area contributed by atoms with Crippen molar-refractivity contribution in [3.05, 3.63) is 30.9 Å². The van der Waals surface area contributed by atoms with Crippen molar-refractivity contribution in [2.24, 2.45) is 11.7 Å². The molecule has 0 aromatic carbocycles. The van der Waals surface area contributed by atoms with E-state index in [0.29, 0.717) is 5.92 Å². The van der Waals surface area contributed by atoms with E-state index in [-0.39, 0.29) is 12.1 Å². The fraction of sp³-hybridized carbons (Fsp3) is 0.583. The van der Waals surface area contributed by atoms with E-state index in [2.05, 4.69) is 23.1 Å². The highest BCUT2D eigenvalue weighted by Gasteiger charge is 2.26. The first-order chi connectivity index (χ1) is 7.74. The molecule has 2 rings (SSSR count). The van der Waals surface area contributed by atoms with Crippen molar-refractivity contribution in [1.29, 1.82) is 0 Å². The van der Waals surface area contributed by atoms with Gasteiger partial charge in [-0.25, -0.2) is 4.98 Å². The average molecular weight is 221 g/mol. The van der Waals surface area contributed by atoms with Crippen LogP contribution in [0.2, 0.25) is 0 Å². The number of allylic oxidation sites excluding steroid dienone is 1. The van der Waals surface area contributed by atoms with E-state index in [4.69, 9.17) is 10.5 Å². The van der Waals surface area contributed by atoms with Crippen molar-refractivity contribution in [1.82, 2.24) is 9.55 Å². The topological polar surface area (TPSA) is 53.1 Å². The predicted molar refractivity (Wildman–Crippen MR) is 63.0 cm³/mol. The van der Waals surface area contributed by atoms with Crippen LogP contribution in [0.1, 0.15) is 31.1 Å². The van der Waals surface area contributed by atoms with Crippen LogP contribution < -0.4 is 5.73 Å². The molecule has 3 unspecified atom stereocenters. The fourth-order valence-electron chi connectivity index (χ4n) is 2.10. The number of nitrogens with two attached hydrogens (primary N) is 1. The maximum absolute atomic E-state index is 6.26. The van der Waals surface area contributed by atoms with Gasteiger partial charge in [0.15, 0.2) is 0 Å². The Morgan fingerprint density at radius 1 is 1.75 bits per heavy atom. The lowest BCUT2D eigenvalue weighted by atomic mass is 9.97. The molecule has 0 saturated carbocycles. The largest absolute Gasteiger partial charge is 0.381 e. The summed E-state index contributed by atoms with van der Waals surface area (Å²) >= 11 is 0. The molecule has 1 aromatic heterocycles. The van der Waals surface area contributed by atoms with E-state index in [1.54, 1.807) is 0 Å². The summed E-state index contributed by atoms with van der Waals surface area (Å²) in [5.74, 6) is 0.410. The molecule has 0 amide bonds. The zero-order valence-corrected chi connectivity index (χ0v) is 9.67. The molecular weight excluding hydrogens is 202 g/mol. The van der Waals surface area contributed by atoms with Crippen LogP contribution in [-0.4, -0.2) is 22.8 Å². The summed E-state index contributed by atoms with van der Waals surface area (Å²) in [5.41, 5.74) is 7.34. The third-order valence-electron chi connectivity index (χ3n) is 3.29. The Morgan fingerprint density at radius 2 is 2.56 bits per heavy atom. The number of rotatable bonds is 4. The molecule has 88 valence electrons. The Morgan fingerprint density at radius 3 is 3.19 bits per heavy atom. The molecule has 1 aliphatic heterocycles. The van der Waals surface area contributed by atoms with Crippen LogP contribution in [0.25, 0.3) is 0 Å². The van der Waals surface area contributed by atoms with Gasteiger partial charge in [0.05, 0.1) is 24.7 Å². The van der Waals surface area contributed by atoms with Crippen molar-refractivity contribution in [3.8, 4) is 0 Å². The summed E-state index contributed by atoms with van der Waals surface area (Å²) in [7, 11) is 0. The number of imidazole rings is 1. The summed E-state index contributed by atoms with van der Waals surface area (Å²) in [5, 5.41) is 0. The lowest BCUT2D eigenvalue weighted by Gasteiger charge is -2.21. The number of aromatic nitrogens is 2. The van der Waals surface area contributed by atoms with Crippen LogP contribution in [-0.2, 0) is 4.74 Å². The molecule has 2 heterocycles. The highest BCUT2D eigenvalue weighted by molar-refractivity contribution is 5.09. The Labute approximate surface area is 96.1 Å². The molecule has 0 radical (unpaired) electrons. The minimum absolute atomic E-state index is 0.00685. The number of hydrogen-bond donors (Lipinski definition) is 1. The lowest BCUT2D eigenvalue weighted by Crippen LogP contribution is -2.25. The second-order valence-electron chi connectivity index (χ2n) is 4.35. The quantitative estimate of drug-likeness (QED) is 0.787. The number of nitrogens with zero attached hydrogens (tertiary/aromatic N) is 2. The minimum Gasteiger partial charge on any atom is -0.381 e. The highest BCUT2D eigenvalue weighted by Crippen LogP contribution is 2.27. The van der Waals surface area contributed by atoms with Gasteiger partial charge in [0, 0.05) is 24.8 Å². The molecule has 3 atom stereocenters. The van der Waals surface area contributed by atoms with Crippen LogP contribution in [0.4, 0.5) is 0 Å². The van der Waals surface area contributed by atoms with E-state index in [1.807, 2.05) is 18.6 Å². The summed E-state index contributed by atoms with van der Waals surface area (Å²) in [4.78, 5) is 4.18. The number of hydrogen-bond acceptors (Lipinski definition) is 3. The zero-order valence-electron chi connectivity index (χ0n) is 9.67. The predicted octanol–water partition coefficient (Wildman–Crippen LogP) is 1.67. The van der Waals surface area contributed by atoms with Gasteiger partial charge in [-0.2, -0.15) is 0 Å². The summed E-state index contributed by atoms with van der Waals surface area (Å²) < 4.78 is 7.45. The third-order valence-corrected chi connectivity index (χ3v) is 3.29. The molecule has 1 saturated heterocycles. The maximum Gasteiger partial charge on any atom is 0.0954 e. The van der Waals surface area contributed by atoms with Crippen LogP contribution in [0.3, 0.4) is 0 Å². The van der Waals surface area contributed by atoms with Crippen molar-refractivity contribution >= 4 is 0 Å². The Hall–Kier alpha value is -1.13. The van der Waals surface area contributed by atoms with Gasteiger partial charge in [0.25, 0.3) is 0 Å². The van der Waals surface area contributed by atoms with Gasteiger partial charge >= 0.3 is 0 Å². The summed E-state index contributed by atoms with van der Waals surface area (Å²) in [6, 6.07) is 0.235. The highest BCUT2D eigenvalue weighted by atomic mass is 16.5. The minimum atomic E-state index is 0.00685. The van der Waals surface area contributed by atoms with E-state index >= 15 is 0 Å². The first-order valence-corrected chi connectivity index (χ1v) is 5.71. The van der Waals surface area contributed by atoms with Crippen LogP contribution in [0.15, 0.2) is 25.2 Å². The monoisotopic (exact) mass is 221 g/mol. The van der Waals surface area contributed by atoms with Gasteiger partial charge < -0.3 is 15.0 Å². The van der Waals surface area contributed by atoms with Gasteiger partial charge in [-0.15, -0.1) is 6.58 Å². The van der Waals surface area contributed by atoms with Gasteiger partial charge in [0.1, 0.15) is 0 Å². The molecule has 0 aliphatic carbocycles. The van der Waals surface area contributed by atoms with Gasteiger partial charge in [-0.1, -0.05) is 6.08 Å². The third kappa shape index (κ3) is 2.03. The summed E-state index contributed by atoms with van der Waals surface area (Å²) in [6.45, 7) is 7.46. The molecule has 1 aromatic rings. The van der Waals surface area contributed by atoms with E-state index in [9.17, 15) is 0 Å². The van der Waals surface area contributed by atoms with E-state index in [1.165, 1.54) is 0 Å². The molecular formula is C12H19N3O. The van der Waals surface area contributed by atoms with Crippen molar-refractivity contribution in [3.63, 3.8) is 0 Å². The zero-order chi connectivity index (χ0) is 11.5. The molecule has 4 heteroatoms. The summed E-state index contributed by atoms with van der Waals surface area (Å²) in [6.07, 6.45) is 6.60. The van der Waals surface area contributed by atoms with E-state index < -0.39 is 0 Å². The number of ether oxygens (including phenoxy) is 1. The molecule has 0 spiro atoms. The molecule has 4 nitrogen and oxygen atoms in total. The smallest absolute Gasteiger partial charge is 0.0954 e. The van der Waals surface area contributed by atoms with Crippen LogP contribution in [0.5, 0.6) is 0 Å². The van der Waals surface area contributed by atoms with Crippen LogP contribution in [0, 0.1) is 5.92 Å². The first kappa shape index (κ1) is 11.4. The standard InChI is InChI=1S/C12H19N3O/c1-3-9(2)15-8-14-6-11(15)12(13)10-4-5-16-7-10/h3,6,8-10,12H,1,4-5,7,13H2,2H3. The fourth-order valence-corrected chi connectivity index (χ4v) is 2.10. The molecule has 1 aliphatic rings. The average Bonchev–Trinajstić information content (AvgIpc) is 2.97. The second kappa shape index (κ2) is 4.80. The van der Waals surface area contributed by atoms with Gasteiger partial charge in [0.2, 0.25) is 0 Å². The van der Waals surface area contributed by atoms with Crippen molar-refractivity contribution in [2.75, 3.05) is 13.2 Å². The molecule has 16 heavy (non-hydrogen) atoms. The SMILES string of the molecule is C=CC(C)n1cncc1C(N)C1CCOC1. The van der Waals surface area contributed by atoms with E-state index in [0.717, 1.165) is 25.3 Å². The molecule has 2 N–H and O–H groups in total. The first-order valence-electron chi connectivity index (χ1n) is 5.71. The van der Waals surface area contributed by atoms with Gasteiger partial charge in [-0.3, -0.25) is 0 Å².